The summed E-state index contributed by atoms with van der Waals surface area (Å²) in [6.45, 7) is 7.69. The SMILES string of the molecule is C=Cc1cc2nc(C)nc(NCc3cccc(C(F)F)c3F)c2cc1CC. The van der Waals surface area contributed by atoms with Gasteiger partial charge in [0.15, 0.2) is 0 Å². The Kier molecular flexibility index (Phi) is 5.44. The molecule has 1 heterocycles. The molecule has 27 heavy (non-hydrogen) atoms. The summed E-state index contributed by atoms with van der Waals surface area (Å²) in [5.41, 5.74) is 2.42. The number of nitrogens with zero attached hydrogens (tertiary/aromatic N) is 2. The van der Waals surface area contributed by atoms with E-state index in [-0.39, 0.29) is 12.1 Å². The number of anilines is 1. The largest absolute Gasteiger partial charge is 0.365 e. The summed E-state index contributed by atoms with van der Waals surface area (Å²) in [4.78, 5) is 8.87. The van der Waals surface area contributed by atoms with Crippen LogP contribution in [0.4, 0.5) is 19.0 Å². The second-order valence-electron chi connectivity index (χ2n) is 6.22. The Morgan fingerprint density at radius 3 is 2.63 bits per heavy atom. The van der Waals surface area contributed by atoms with Gasteiger partial charge >= 0.3 is 0 Å². The number of hydrogen-bond acceptors (Lipinski definition) is 3. The maximum atomic E-state index is 14.3. The van der Waals surface area contributed by atoms with Crippen molar-refractivity contribution in [2.75, 3.05) is 5.32 Å². The molecule has 0 aliphatic carbocycles. The van der Waals surface area contributed by atoms with E-state index in [1.54, 1.807) is 13.0 Å². The number of halogens is 3. The summed E-state index contributed by atoms with van der Waals surface area (Å²) in [6, 6.07) is 7.94. The first-order chi connectivity index (χ1) is 12.9. The van der Waals surface area contributed by atoms with E-state index in [4.69, 9.17) is 0 Å². The molecule has 0 unspecified atom stereocenters. The van der Waals surface area contributed by atoms with E-state index in [0.29, 0.717) is 11.6 Å². The minimum Gasteiger partial charge on any atom is -0.365 e. The molecule has 2 aromatic carbocycles. The van der Waals surface area contributed by atoms with Crippen molar-refractivity contribution in [2.24, 2.45) is 0 Å². The van der Waals surface area contributed by atoms with Gasteiger partial charge in [-0.2, -0.15) is 0 Å². The molecule has 1 N–H and O–H groups in total. The minimum absolute atomic E-state index is 0.0443. The van der Waals surface area contributed by atoms with Gasteiger partial charge in [0.2, 0.25) is 0 Å². The summed E-state index contributed by atoms with van der Waals surface area (Å²) >= 11 is 0. The topological polar surface area (TPSA) is 37.8 Å². The van der Waals surface area contributed by atoms with E-state index in [1.165, 1.54) is 12.1 Å². The van der Waals surface area contributed by atoms with Crippen LogP contribution in [0.1, 0.15) is 41.4 Å². The molecule has 0 atom stereocenters. The van der Waals surface area contributed by atoms with Crippen LogP contribution in [0.15, 0.2) is 36.9 Å². The van der Waals surface area contributed by atoms with Gasteiger partial charge in [0.05, 0.1) is 11.1 Å². The zero-order valence-corrected chi connectivity index (χ0v) is 15.2. The van der Waals surface area contributed by atoms with Crippen molar-refractivity contribution in [1.29, 1.82) is 0 Å². The van der Waals surface area contributed by atoms with Crippen LogP contribution >= 0.6 is 0 Å². The van der Waals surface area contributed by atoms with Crippen LogP contribution in [0.3, 0.4) is 0 Å². The van der Waals surface area contributed by atoms with Gasteiger partial charge in [-0.25, -0.2) is 23.1 Å². The van der Waals surface area contributed by atoms with Gasteiger partial charge in [-0.1, -0.05) is 37.8 Å². The van der Waals surface area contributed by atoms with E-state index in [1.807, 2.05) is 19.1 Å². The highest BCUT2D eigenvalue weighted by atomic mass is 19.3. The zero-order chi connectivity index (χ0) is 19.6. The lowest BCUT2D eigenvalue weighted by atomic mass is 10.0. The normalized spacial score (nSPS) is 11.2. The molecule has 0 amide bonds. The molecule has 0 aliphatic heterocycles. The molecule has 1 aromatic heterocycles. The van der Waals surface area contributed by atoms with Gasteiger partial charge in [0, 0.05) is 17.5 Å². The monoisotopic (exact) mass is 371 g/mol. The molecule has 3 rings (SSSR count). The molecule has 0 radical (unpaired) electrons. The number of fused-ring (bicyclic) bond motifs is 1. The molecule has 0 aliphatic rings. The Labute approximate surface area is 156 Å². The van der Waals surface area contributed by atoms with Gasteiger partial charge in [-0.15, -0.1) is 0 Å². The average Bonchev–Trinajstić information content (AvgIpc) is 2.65. The first-order valence-corrected chi connectivity index (χ1v) is 8.67. The molecule has 0 fully saturated rings. The van der Waals surface area contributed by atoms with Crippen LogP contribution < -0.4 is 5.32 Å². The molecule has 6 heteroatoms. The summed E-state index contributed by atoms with van der Waals surface area (Å²) < 4.78 is 40.1. The van der Waals surface area contributed by atoms with Gasteiger partial charge in [0.1, 0.15) is 17.5 Å². The Morgan fingerprint density at radius 1 is 1.19 bits per heavy atom. The molecular formula is C21H20F3N3. The number of aryl methyl sites for hydroxylation is 2. The van der Waals surface area contributed by atoms with Gasteiger partial charge < -0.3 is 5.32 Å². The summed E-state index contributed by atoms with van der Waals surface area (Å²) in [5.74, 6) is 0.217. The number of alkyl halides is 2. The summed E-state index contributed by atoms with van der Waals surface area (Å²) in [5, 5.41) is 3.88. The smallest absolute Gasteiger partial charge is 0.266 e. The van der Waals surface area contributed by atoms with Crippen molar-refractivity contribution in [2.45, 2.75) is 33.2 Å². The fourth-order valence-electron chi connectivity index (χ4n) is 3.07. The Morgan fingerprint density at radius 2 is 1.96 bits per heavy atom. The number of aromatic nitrogens is 2. The maximum Gasteiger partial charge on any atom is 0.266 e. The maximum absolute atomic E-state index is 14.3. The first-order valence-electron chi connectivity index (χ1n) is 8.67. The highest BCUT2D eigenvalue weighted by Crippen LogP contribution is 2.28. The van der Waals surface area contributed by atoms with Gasteiger partial charge in [-0.05, 0) is 36.6 Å². The molecule has 3 nitrogen and oxygen atoms in total. The van der Waals surface area contributed by atoms with E-state index in [9.17, 15) is 13.2 Å². The van der Waals surface area contributed by atoms with Crippen molar-refractivity contribution < 1.29 is 13.2 Å². The quantitative estimate of drug-likeness (QED) is 0.592. The fourth-order valence-corrected chi connectivity index (χ4v) is 3.07. The van der Waals surface area contributed by atoms with Crippen LogP contribution in [0, 0.1) is 12.7 Å². The Hall–Kier alpha value is -2.89. The third-order valence-electron chi connectivity index (χ3n) is 4.46. The molecule has 3 aromatic rings. The number of hydrogen-bond donors (Lipinski definition) is 1. The van der Waals surface area contributed by atoms with Gasteiger partial charge in [0.25, 0.3) is 6.43 Å². The summed E-state index contributed by atoms with van der Waals surface area (Å²) in [7, 11) is 0. The predicted octanol–water partition coefficient (Wildman–Crippen LogP) is 5.83. The van der Waals surface area contributed by atoms with Crippen molar-refractivity contribution in [3.63, 3.8) is 0 Å². The highest BCUT2D eigenvalue weighted by Gasteiger charge is 2.16. The first kappa shape index (κ1) is 18.9. The van der Waals surface area contributed by atoms with Crippen molar-refractivity contribution in [1.82, 2.24) is 9.97 Å². The lowest BCUT2D eigenvalue weighted by molar-refractivity contribution is 0.146. The highest BCUT2D eigenvalue weighted by molar-refractivity contribution is 5.91. The van der Waals surface area contributed by atoms with E-state index < -0.39 is 17.8 Å². The minimum atomic E-state index is -2.85. The molecule has 0 bridgehead atoms. The average molecular weight is 371 g/mol. The second kappa shape index (κ2) is 7.78. The van der Waals surface area contributed by atoms with Crippen molar-refractivity contribution >= 4 is 22.8 Å². The number of nitrogens with one attached hydrogen (secondary N) is 1. The third-order valence-corrected chi connectivity index (χ3v) is 4.46. The van der Waals surface area contributed by atoms with E-state index >= 15 is 0 Å². The van der Waals surface area contributed by atoms with Gasteiger partial charge in [-0.3, -0.25) is 0 Å². The Bertz CT molecular complexity index is 1000. The lowest BCUT2D eigenvalue weighted by Crippen LogP contribution is -2.07. The van der Waals surface area contributed by atoms with E-state index in [2.05, 4.69) is 21.9 Å². The molecule has 140 valence electrons. The molecular weight excluding hydrogens is 351 g/mol. The zero-order valence-electron chi connectivity index (χ0n) is 15.2. The van der Waals surface area contributed by atoms with Crippen LogP contribution in [-0.2, 0) is 13.0 Å². The lowest BCUT2D eigenvalue weighted by Gasteiger charge is -2.13. The number of benzene rings is 2. The van der Waals surface area contributed by atoms with Crippen LogP contribution in [0.25, 0.3) is 17.0 Å². The third kappa shape index (κ3) is 3.79. The Balaban J connectivity index is 2.00. The predicted molar refractivity (Wildman–Crippen MR) is 102 cm³/mol. The number of rotatable bonds is 6. The fraction of sp³-hybridized carbons (Fsp3) is 0.238. The standard InChI is InChI=1S/C21H20F3N3/c1-4-13-9-17-18(10-14(13)5-2)26-12(3)27-21(17)25-11-15-7-6-8-16(19(15)22)20(23)24/h5-10,20H,2,4,11H2,1,3H3,(H,25,26,27). The van der Waals surface area contributed by atoms with Crippen LogP contribution in [0.5, 0.6) is 0 Å². The van der Waals surface area contributed by atoms with Crippen molar-refractivity contribution in [3.8, 4) is 0 Å². The molecule has 0 saturated heterocycles. The second-order valence-corrected chi connectivity index (χ2v) is 6.22. The summed E-state index contributed by atoms with van der Waals surface area (Å²) in [6.07, 6.45) is -0.250. The molecule has 0 saturated carbocycles. The van der Waals surface area contributed by atoms with Crippen molar-refractivity contribution in [3.05, 3.63) is 70.8 Å². The van der Waals surface area contributed by atoms with Crippen LogP contribution in [0.2, 0.25) is 0 Å². The van der Waals surface area contributed by atoms with E-state index in [0.717, 1.165) is 34.5 Å². The molecule has 0 spiro atoms. The van der Waals surface area contributed by atoms with Crippen LogP contribution in [-0.4, -0.2) is 9.97 Å².